The lowest BCUT2D eigenvalue weighted by Crippen LogP contribution is -2.60. The lowest BCUT2D eigenvalue weighted by Gasteiger charge is -2.47. The van der Waals surface area contributed by atoms with E-state index in [9.17, 15) is 4.79 Å². The van der Waals surface area contributed by atoms with Crippen molar-refractivity contribution in [1.29, 1.82) is 0 Å². The Morgan fingerprint density at radius 3 is 2.70 bits per heavy atom. The van der Waals surface area contributed by atoms with E-state index in [4.69, 9.17) is 18.9 Å². The molecule has 0 radical (unpaired) electrons. The molecule has 0 aromatic heterocycles. The van der Waals surface area contributed by atoms with Crippen molar-refractivity contribution in [1.82, 2.24) is 0 Å². The minimum Gasteiger partial charge on any atom is -0.456 e. The van der Waals surface area contributed by atoms with Crippen molar-refractivity contribution in [2.45, 2.75) is 35.1 Å². The summed E-state index contributed by atoms with van der Waals surface area (Å²) in [7, 11) is 1.59. The van der Waals surface area contributed by atoms with Gasteiger partial charge in [0.05, 0.1) is 5.56 Å². The van der Waals surface area contributed by atoms with Crippen LogP contribution in [-0.4, -0.2) is 41.8 Å². The predicted octanol–water partition coefficient (Wildman–Crippen LogP) is 2.13. The molecule has 0 saturated carbocycles. The van der Waals surface area contributed by atoms with Crippen molar-refractivity contribution in [3.63, 3.8) is 0 Å². The minimum atomic E-state index is -0.377. The highest BCUT2D eigenvalue weighted by Gasteiger charge is 2.50. The number of alkyl halides is 1. The van der Waals surface area contributed by atoms with Crippen molar-refractivity contribution < 1.29 is 23.7 Å². The number of benzene rings is 1. The molecule has 4 rings (SSSR count). The number of esters is 1. The molecule has 3 aliphatic rings. The summed E-state index contributed by atoms with van der Waals surface area (Å²) in [6.45, 7) is 0. The van der Waals surface area contributed by atoms with Crippen LogP contribution in [0.4, 0.5) is 0 Å². The van der Waals surface area contributed by atoms with Gasteiger partial charge in [-0.05, 0) is 34.7 Å². The number of methoxy groups -OCH3 is 1. The Bertz CT molecular complexity index is 480. The highest BCUT2D eigenvalue weighted by molar-refractivity contribution is 14.1. The quantitative estimate of drug-likeness (QED) is 0.450. The van der Waals surface area contributed by atoms with Gasteiger partial charge >= 0.3 is 5.97 Å². The average molecular weight is 390 g/mol. The summed E-state index contributed by atoms with van der Waals surface area (Å²) in [6, 6.07) is 8.96. The van der Waals surface area contributed by atoms with Gasteiger partial charge in [0, 0.05) is 13.5 Å². The standard InChI is InChI=1S/C14H15IO5/c1-17-14-10-7-9(11(20-14)12(15)18-10)19-13(16)8-5-3-2-4-6-8/h2-6,9-12,14H,7H2,1H3/t9-,10-,11-,12?,14-/m0/s1. The van der Waals surface area contributed by atoms with Crippen LogP contribution in [0.5, 0.6) is 0 Å². The Balaban J connectivity index is 1.69. The second kappa shape index (κ2) is 5.97. The SMILES string of the molecule is CO[C@H]1O[C@@H]2C(I)O[C@H]1C[C@@H]2OC(=O)c1ccccc1. The smallest absolute Gasteiger partial charge is 0.338 e. The normalized spacial score (nSPS) is 35.8. The second-order valence-electron chi connectivity index (χ2n) is 4.78. The van der Waals surface area contributed by atoms with E-state index in [0.717, 1.165) is 0 Å². The predicted molar refractivity (Wildman–Crippen MR) is 78.6 cm³/mol. The van der Waals surface area contributed by atoms with Crippen LogP contribution < -0.4 is 0 Å². The van der Waals surface area contributed by atoms with E-state index in [0.29, 0.717) is 12.0 Å². The highest BCUT2D eigenvalue weighted by atomic mass is 127. The van der Waals surface area contributed by atoms with Crippen LogP contribution in [0.25, 0.3) is 0 Å². The Kier molecular flexibility index (Phi) is 4.25. The third kappa shape index (κ3) is 2.69. The number of hydrogen-bond donors (Lipinski definition) is 0. The van der Waals surface area contributed by atoms with Gasteiger partial charge in [0.15, 0.2) is 6.29 Å². The van der Waals surface area contributed by atoms with Gasteiger partial charge in [0.1, 0.15) is 22.4 Å². The molecule has 2 bridgehead atoms. The molecule has 1 aromatic rings. The molecular weight excluding hydrogens is 375 g/mol. The van der Waals surface area contributed by atoms with E-state index >= 15 is 0 Å². The summed E-state index contributed by atoms with van der Waals surface area (Å²) in [5.41, 5.74) is 0.545. The maximum atomic E-state index is 12.1. The van der Waals surface area contributed by atoms with Gasteiger partial charge in [-0.3, -0.25) is 0 Å². The van der Waals surface area contributed by atoms with E-state index < -0.39 is 0 Å². The maximum Gasteiger partial charge on any atom is 0.338 e. The van der Waals surface area contributed by atoms with Crippen LogP contribution in [0.15, 0.2) is 30.3 Å². The van der Waals surface area contributed by atoms with E-state index in [-0.39, 0.29) is 34.7 Å². The molecule has 20 heavy (non-hydrogen) atoms. The van der Waals surface area contributed by atoms with Gasteiger partial charge in [-0.2, -0.15) is 0 Å². The zero-order chi connectivity index (χ0) is 14.1. The molecule has 3 aliphatic heterocycles. The van der Waals surface area contributed by atoms with Gasteiger partial charge in [0.25, 0.3) is 0 Å². The highest BCUT2D eigenvalue weighted by Crippen LogP contribution is 2.37. The van der Waals surface area contributed by atoms with Crippen LogP contribution >= 0.6 is 22.6 Å². The van der Waals surface area contributed by atoms with Crippen molar-refractivity contribution >= 4 is 28.6 Å². The Hall–Kier alpha value is -0.700. The first kappa shape index (κ1) is 14.2. The third-order valence-corrected chi connectivity index (χ3v) is 4.49. The zero-order valence-corrected chi connectivity index (χ0v) is 13.1. The van der Waals surface area contributed by atoms with Crippen LogP contribution in [0.2, 0.25) is 0 Å². The second-order valence-corrected chi connectivity index (χ2v) is 6.00. The largest absolute Gasteiger partial charge is 0.456 e. The van der Waals surface area contributed by atoms with E-state index in [1.165, 1.54) is 0 Å². The minimum absolute atomic E-state index is 0.133. The van der Waals surface area contributed by atoms with Crippen LogP contribution in [0, 0.1) is 0 Å². The van der Waals surface area contributed by atoms with Gasteiger partial charge in [0.2, 0.25) is 0 Å². The molecule has 5 atom stereocenters. The molecule has 108 valence electrons. The number of rotatable bonds is 3. The molecule has 3 heterocycles. The summed E-state index contributed by atoms with van der Waals surface area (Å²) in [5.74, 6) is -0.329. The van der Waals surface area contributed by atoms with Gasteiger partial charge in [-0.15, -0.1) is 0 Å². The Labute approximate surface area is 130 Å². The van der Waals surface area contributed by atoms with Crippen molar-refractivity contribution in [3.05, 3.63) is 35.9 Å². The zero-order valence-electron chi connectivity index (χ0n) is 10.9. The summed E-state index contributed by atoms with van der Waals surface area (Å²) < 4.78 is 22.2. The first-order valence-corrected chi connectivity index (χ1v) is 7.67. The molecule has 0 N–H and O–H groups in total. The van der Waals surface area contributed by atoms with Crippen LogP contribution in [0.1, 0.15) is 16.8 Å². The Morgan fingerprint density at radius 1 is 1.30 bits per heavy atom. The molecule has 1 aromatic carbocycles. The van der Waals surface area contributed by atoms with E-state index in [1.54, 1.807) is 19.2 Å². The number of hydrogen-bond acceptors (Lipinski definition) is 5. The monoisotopic (exact) mass is 390 g/mol. The lowest BCUT2D eigenvalue weighted by atomic mass is 9.99. The van der Waals surface area contributed by atoms with Gasteiger partial charge in [-0.1, -0.05) is 18.2 Å². The number of ether oxygens (including phenoxy) is 4. The van der Waals surface area contributed by atoms with E-state index in [2.05, 4.69) is 22.6 Å². The van der Waals surface area contributed by atoms with Crippen LogP contribution in [0.3, 0.4) is 0 Å². The summed E-state index contributed by atoms with van der Waals surface area (Å²) in [6.07, 6.45) is -0.563. The molecule has 3 fully saturated rings. The molecule has 5 nitrogen and oxygen atoms in total. The number of carbonyl (C=O) groups is 1. The lowest BCUT2D eigenvalue weighted by molar-refractivity contribution is -0.322. The fourth-order valence-electron chi connectivity index (χ4n) is 2.50. The Morgan fingerprint density at radius 2 is 2.05 bits per heavy atom. The average Bonchev–Trinajstić information content (AvgIpc) is 2.48. The summed E-state index contributed by atoms with van der Waals surface area (Å²) >= 11 is 2.16. The van der Waals surface area contributed by atoms with Gasteiger partial charge in [-0.25, -0.2) is 4.79 Å². The molecule has 6 heteroatoms. The van der Waals surface area contributed by atoms with Gasteiger partial charge < -0.3 is 18.9 Å². The van der Waals surface area contributed by atoms with E-state index in [1.807, 2.05) is 18.2 Å². The summed E-state index contributed by atoms with van der Waals surface area (Å²) in [4.78, 5) is 12.1. The first-order valence-electron chi connectivity index (χ1n) is 6.43. The van der Waals surface area contributed by atoms with Crippen molar-refractivity contribution in [3.8, 4) is 0 Å². The molecular formula is C14H15IO5. The molecule has 0 aliphatic carbocycles. The topological polar surface area (TPSA) is 54.0 Å². The number of halogens is 1. The summed E-state index contributed by atoms with van der Waals surface area (Å²) in [5, 5.41) is 0. The number of fused-ring (bicyclic) bond motifs is 3. The van der Waals surface area contributed by atoms with Crippen molar-refractivity contribution in [2.24, 2.45) is 0 Å². The number of carbonyl (C=O) groups excluding carboxylic acids is 1. The molecule has 1 unspecified atom stereocenters. The fourth-order valence-corrected chi connectivity index (χ4v) is 3.51. The van der Waals surface area contributed by atoms with Crippen LogP contribution in [-0.2, 0) is 18.9 Å². The first-order chi connectivity index (χ1) is 9.69. The molecule has 0 spiro atoms. The van der Waals surface area contributed by atoms with Crippen molar-refractivity contribution in [2.75, 3.05) is 7.11 Å². The molecule has 3 saturated heterocycles. The third-order valence-electron chi connectivity index (χ3n) is 3.49. The molecule has 0 amide bonds. The maximum absolute atomic E-state index is 12.1. The fraction of sp³-hybridized carbons (Fsp3) is 0.500.